The van der Waals surface area contributed by atoms with Crippen LogP contribution in [0, 0.1) is 0 Å². The van der Waals surface area contributed by atoms with Gasteiger partial charge in [-0.2, -0.15) is 0 Å². The zero-order chi connectivity index (χ0) is 19.9. The molecular formula is C17H32IN5O3S2. The van der Waals surface area contributed by atoms with Gasteiger partial charge in [0.25, 0.3) is 0 Å². The van der Waals surface area contributed by atoms with Gasteiger partial charge in [-0.15, -0.1) is 35.3 Å². The fraction of sp³-hybridized carbons (Fsp3) is 0.706. The van der Waals surface area contributed by atoms with Crippen molar-refractivity contribution in [2.45, 2.75) is 25.4 Å². The Balaban J connectivity index is 0.00000392. The molecule has 162 valence electrons. The Morgan fingerprint density at radius 3 is 2.57 bits per heavy atom. The van der Waals surface area contributed by atoms with Gasteiger partial charge in [0.15, 0.2) is 5.96 Å². The maximum Gasteiger partial charge on any atom is 0.209 e. The molecule has 0 aliphatic carbocycles. The number of guanidine groups is 1. The second kappa shape index (κ2) is 11.6. The molecule has 1 aliphatic rings. The highest BCUT2D eigenvalue weighted by molar-refractivity contribution is 14.0. The molecule has 0 aromatic carbocycles. The zero-order valence-corrected chi connectivity index (χ0v) is 20.9. The summed E-state index contributed by atoms with van der Waals surface area (Å²) in [5.41, 5.74) is -0.622. The number of ether oxygens (including phenoxy) is 1. The van der Waals surface area contributed by atoms with Gasteiger partial charge >= 0.3 is 0 Å². The monoisotopic (exact) mass is 545 g/mol. The van der Waals surface area contributed by atoms with Crippen LogP contribution < -0.4 is 15.4 Å². The third kappa shape index (κ3) is 8.91. The average Bonchev–Trinajstić information content (AvgIpc) is 3.11. The van der Waals surface area contributed by atoms with Crippen LogP contribution in [0.1, 0.15) is 24.8 Å². The van der Waals surface area contributed by atoms with E-state index in [4.69, 9.17) is 4.74 Å². The lowest BCUT2D eigenvalue weighted by Gasteiger charge is -2.34. The van der Waals surface area contributed by atoms with Crippen molar-refractivity contribution in [2.24, 2.45) is 4.99 Å². The van der Waals surface area contributed by atoms with Crippen molar-refractivity contribution < 1.29 is 13.2 Å². The number of sulfonamides is 1. The maximum atomic E-state index is 11.5. The third-order valence-corrected chi connectivity index (χ3v) is 6.10. The molecule has 2 heterocycles. The van der Waals surface area contributed by atoms with Gasteiger partial charge in [-0.1, -0.05) is 6.07 Å². The van der Waals surface area contributed by atoms with E-state index in [2.05, 4.69) is 42.8 Å². The number of hydrogen-bond acceptors (Lipinski definition) is 6. The molecule has 1 aromatic rings. The summed E-state index contributed by atoms with van der Waals surface area (Å²) < 4.78 is 31.1. The van der Waals surface area contributed by atoms with Gasteiger partial charge in [-0.3, -0.25) is 9.89 Å². The molecule has 0 amide bonds. The molecule has 0 bridgehead atoms. The first kappa shape index (κ1) is 25.6. The van der Waals surface area contributed by atoms with E-state index in [1.807, 2.05) is 13.8 Å². The molecule has 11 heteroatoms. The topological polar surface area (TPSA) is 95.1 Å². The lowest BCUT2D eigenvalue weighted by Crippen LogP contribution is -2.53. The fourth-order valence-corrected chi connectivity index (χ4v) is 4.97. The number of nitrogens with zero attached hydrogens (tertiary/aromatic N) is 2. The smallest absolute Gasteiger partial charge is 0.209 e. The average molecular weight is 546 g/mol. The maximum absolute atomic E-state index is 11.5. The molecule has 1 saturated heterocycles. The minimum Gasteiger partial charge on any atom is -0.379 e. The molecule has 0 saturated carbocycles. The van der Waals surface area contributed by atoms with E-state index >= 15 is 0 Å². The van der Waals surface area contributed by atoms with E-state index in [-0.39, 0.29) is 30.0 Å². The fourth-order valence-electron chi connectivity index (χ4n) is 3.04. The highest BCUT2D eigenvalue weighted by atomic mass is 127. The van der Waals surface area contributed by atoms with Gasteiger partial charge < -0.3 is 15.4 Å². The Morgan fingerprint density at radius 1 is 1.36 bits per heavy atom. The molecule has 0 spiro atoms. The largest absolute Gasteiger partial charge is 0.379 e. The molecule has 2 rings (SSSR count). The van der Waals surface area contributed by atoms with Crippen molar-refractivity contribution in [1.29, 1.82) is 0 Å². The molecule has 1 atom stereocenters. The van der Waals surface area contributed by atoms with Gasteiger partial charge in [-0.05, 0) is 25.3 Å². The zero-order valence-electron chi connectivity index (χ0n) is 16.9. The Bertz CT molecular complexity index is 704. The summed E-state index contributed by atoms with van der Waals surface area (Å²) in [6, 6.07) is 4.47. The number of thiophene rings is 1. The Hall–Kier alpha value is -0.470. The van der Waals surface area contributed by atoms with Crippen LogP contribution >= 0.6 is 35.3 Å². The van der Waals surface area contributed by atoms with E-state index in [1.165, 1.54) is 4.88 Å². The lowest BCUT2D eigenvalue weighted by atomic mass is 10.1. The summed E-state index contributed by atoms with van der Waals surface area (Å²) >= 11 is 1.75. The summed E-state index contributed by atoms with van der Waals surface area (Å²) in [7, 11) is -1.56. The van der Waals surface area contributed by atoms with Crippen molar-refractivity contribution in [3.8, 4) is 0 Å². The number of rotatable bonds is 8. The van der Waals surface area contributed by atoms with Crippen molar-refractivity contribution >= 4 is 51.3 Å². The van der Waals surface area contributed by atoms with Gasteiger partial charge in [0.05, 0.1) is 25.5 Å². The van der Waals surface area contributed by atoms with Crippen LogP contribution in [0.3, 0.4) is 0 Å². The predicted molar refractivity (Wildman–Crippen MR) is 126 cm³/mol. The number of aliphatic imine (C=N–C) groups is 1. The molecule has 28 heavy (non-hydrogen) atoms. The van der Waals surface area contributed by atoms with Crippen LogP contribution in [0.2, 0.25) is 0 Å². The third-order valence-electron chi connectivity index (χ3n) is 4.20. The number of morpholine rings is 1. The van der Waals surface area contributed by atoms with E-state index in [0.29, 0.717) is 19.0 Å². The van der Waals surface area contributed by atoms with Crippen LogP contribution in [0.25, 0.3) is 0 Å². The first-order valence-corrected chi connectivity index (χ1v) is 11.8. The normalized spacial score (nSPS) is 17.6. The molecular weight excluding hydrogens is 513 g/mol. The standard InChI is InChI=1S/C17H31N5O3S2.HI/c1-17(2,21-27(4,23)24)13-20-16(18-3)19-12-14(15-6-5-11-26-15)22-7-9-25-10-8-22;/h5-6,11,14,21H,7-10,12-13H2,1-4H3,(H2,18,19,20);1H. The second-order valence-electron chi connectivity index (χ2n) is 7.24. The first-order valence-electron chi connectivity index (χ1n) is 8.99. The highest BCUT2D eigenvalue weighted by Gasteiger charge is 2.25. The van der Waals surface area contributed by atoms with E-state index < -0.39 is 15.6 Å². The van der Waals surface area contributed by atoms with E-state index in [0.717, 1.165) is 32.6 Å². The first-order chi connectivity index (χ1) is 12.7. The molecule has 1 unspecified atom stereocenters. The lowest BCUT2D eigenvalue weighted by molar-refractivity contribution is 0.0177. The Morgan fingerprint density at radius 2 is 2.04 bits per heavy atom. The number of nitrogens with one attached hydrogen (secondary N) is 3. The van der Waals surface area contributed by atoms with Gasteiger partial charge in [0.2, 0.25) is 10.0 Å². The molecule has 1 fully saturated rings. The van der Waals surface area contributed by atoms with Crippen LogP contribution in [0.4, 0.5) is 0 Å². The summed E-state index contributed by atoms with van der Waals surface area (Å²) in [5.74, 6) is 0.646. The number of halogens is 1. The quantitative estimate of drug-likeness (QED) is 0.259. The van der Waals surface area contributed by atoms with Crippen LogP contribution in [-0.4, -0.2) is 77.5 Å². The molecule has 3 N–H and O–H groups in total. The van der Waals surface area contributed by atoms with E-state index in [9.17, 15) is 8.42 Å². The molecule has 1 aromatic heterocycles. The summed E-state index contributed by atoms with van der Waals surface area (Å²) in [5, 5.41) is 8.68. The summed E-state index contributed by atoms with van der Waals surface area (Å²) in [6.45, 7) is 8.09. The van der Waals surface area contributed by atoms with E-state index in [1.54, 1.807) is 18.4 Å². The van der Waals surface area contributed by atoms with Crippen molar-refractivity contribution in [2.75, 3.05) is 52.7 Å². The minimum atomic E-state index is -3.27. The molecule has 1 aliphatic heterocycles. The van der Waals surface area contributed by atoms with Crippen LogP contribution in [-0.2, 0) is 14.8 Å². The summed E-state index contributed by atoms with van der Waals surface area (Å²) in [4.78, 5) is 7.99. The predicted octanol–water partition coefficient (Wildman–Crippen LogP) is 1.23. The van der Waals surface area contributed by atoms with Gasteiger partial charge in [-0.25, -0.2) is 13.1 Å². The van der Waals surface area contributed by atoms with Crippen LogP contribution in [0.5, 0.6) is 0 Å². The minimum absolute atomic E-state index is 0. The second-order valence-corrected chi connectivity index (χ2v) is 9.97. The molecule has 0 radical (unpaired) electrons. The van der Waals surface area contributed by atoms with Crippen LogP contribution in [0.15, 0.2) is 22.5 Å². The number of hydrogen-bond donors (Lipinski definition) is 3. The Kier molecular flexibility index (Phi) is 10.6. The highest BCUT2D eigenvalue weighted by Crippen LogP contribution is 2.25. The van der Waals surface area contributed by atoms with Crippen molar-refractivity contribution in [1.82, 2.24) is 20.3 Å². The SMILES string of the molecule is CN=C(NCC(c1cccs1)N1CCOCC1)NCC(C)(C)NS(C)(=O)=O.I. The van der Waals surface area contributed by atoms with Crippen molar-refractivity contribution in [3.63, 3.8) is 0 Å². The molecule has 8 nitrogen and oxygen atoms in total. The van der Waals surface area contributed by atoms with Crippen molar-refractivity contribution in [3.05, 3.63) is 22.4 Å². The summed E-state index contributed by atoms with van der Waals surface area (Å²) in [6.07, 6.45) is 1.16. The van der Waals surface area contributed by atoms with Gasteiger partial charge in [0.1, 0.15) is 0 Å². The Labute approximate surface area is 189 Å². The van der Waals surface area contributed by atoms with Gasteiger partial charge in [0, 0.05) is 43.6 Å².